The molecule has 1 aliphatic heterocycles. The number of anilines is 2. The second kappa shape index (κ2) is 6.28. The van der Waals surface area contributed by atoms with E-state index >= 15 is 0 Å². The minimum atomic E-state index is -0.143. The number of hydrogen-bond acceptors (Lipinski definition) is 6. The molecule has 4 rings (SSSR count). The van der Waals surface area contributed by atoms with Crippen LogP contribution < -0.4 is 10.2 Å². The molecule has 2 aliphatic rings. The number of pyridine rings is 1. The van der Waals surface area contributed by atoms with Crippen LogP contribution in [0.25, 0.3) is 11.0 Å². The van der Waals surface area contributed by atoms with Crippen LogP contribution in [0.5, 0.6) is 0 Å². The van der Waals surface area contributed by atoms with E-state index < -0.39 is 0 Å². The molecule has 2 fully saturated rings. The number of aliphatic hydroxyl groups is 1. The number of nitrogens with one attached hydrogen (secondary N) is 1. The molecule has 0 spiro atoms. The molecule has 1 saturated carbocycles. The number of rotatable bonds is 3. The maximum absolute atomic E-state index is 9.60. The first kappa shape index (κ1) is 14.6. The highest BCUT2D eigenvalue weighted by Crippen LogP contribution is 2.23. The minimum Gasteiger partial charge on any atom is -0.393 e. The molecule has 23 heavy (non-hydrogen) atoms. The van der Waals surface area contributed by atoms with Crippen LogP contribution >= 0.6 is 0 Å². The number of hydrogen-bond donors (Lipinski definition) is 2. The fourth-order valence-electron chi connectivity index (χ4n) is 3.49. The van der Waals surface area contributed by atoms with E-state index in [9.17, 15) is 5.11 Å². The van der Waals surface area contributed by atoms with E-state index in [0.29, 0.717) is 12.0 Å². The van der Waals surface area contributed by atoms with Gasteiger partial charge >= 0.3 is 0 Å². The Bertz CT molecular complexity index is 678. The number of aromatic nitrogens is 3. The van der Waals surface area contributed by atoms with E-state index in [2.05, 4.69) is 32.3 Å². The van der Waals surface area contributed by atoms with Crippen molar-refractivity contribution in [3.05, 3.63) is 18.3 Å². The lowest BCUT2D eigenvalue weighted by atomic mass is 9.93. The van der Waals surface area contributed by atoms with E-state index in [4.69, 9.17) is 4.98 Å². The summed E-state index contributed by atoms with van der Waals surface area (Å²) in [6.45, 7) is 2.16. The zero-order chi connectivity index (χ0) is 15.6. The Morgan fingerprint density at radius 2 is 1.83 bits per heavy atom. The van der Waals surface area contributed by atoms with E-state index in [0.717, 1.165) is 55.6 Å². The maximum Gasteiger partial charge on any atom is 0.224 e. The molecule has 0 amide bonds. The third kappa shape index (κ3) is 3.22. The summed E-state index contributed by atoms with van der Waals surface area (Å²) in [7, 11) is 0. The number of nitrogens with zero attached hydrogens (tertiary/aromatic N) is 4. The minimum absolute atomic E-state index is 0.143. The molecule has 2 aromatic rings. The molecule has 2 N–H and O–H groups in total. The Balaban J connectivity index is 1.53. The van der Waals surface area contributed by atoms with Gasteiger partial charge in [-0.25, -0.2) is 9.97 Å². The van der Waals surface area contributed by atoms with Crippen molar-refractivity contribution in [2.24, 2.45) is 0 Å². The van der Waals surface area contributed by atoms with Crippen LogP contribution in [0.2, 0.25) is 0 Å². The van der Waals surface area contributed by atoms with Crippen LogP contribution in [0.3, 0.4) is 0 Å². The van der Waals surface area contributed by atoms with Gasteiger partial charge < -0.3 is 15.3 Å². The smallest absolute Gasteiger partial charge is 0.224 e. The molecule has 0 atom stereocenters. The summed E-state index contributed by atoms with van der Waals surface area (Å²) in [6, 6.07) is 4.46. The van der Waals surface area contributed by atoms with Gasteiger partial charge in [0.2, 0.25) is 5.95 Å². The zero-order valence-corrected chi connectivity index (χ0v) is 13.3. The van der Waals surface area contributed by atoms with Crippen molar-refractivity contribution in [1.29, 1.82) is 0 Å². The first-order valence-electron chi connectivity index (χ1n) is 8.61. The number of fused-ring (bicyclic) bond motifs is 1. The average molecular weight is 313 g/mol. The van der Waals surface area contributed by atoms with Crippen molar-refractivity contribution in [3.63, 3.8) is 0 Å². The van der Waals surface area contributed by atoms with Gasteiger partial charge in [-0.15, -0.1) is 0 Å². The predicted molar refractivity (Wildman–Crippen MR) is 90.7 cm³/mol. The lowest BCUT2D eigenvalue weighted by molar-refractivity contribution is 0.126. The normalized spacial score (nSPS) is 25.0. The van der Waals surface area contributed by atoms with Crippen molar-refractivity contribution in [3.8, 4) is 0 Å². The molecule has 6 nitrogen and oxygen atoms in total. The first-order chi connectivity index (χ1) is 11.3. The van der Waals surface area contributed by atoms with Crippen LogP contribution in [0, 0.1) is 0 Å². The quantitative estimate of drug-likeness (QED) is 0.906. The van der Waals surface area contributed by atoms with Crippen molar-refractivity contribution in [1.82, 2.24) is 15.0 Å². The fourth-order valence-corrected chi connectivity index (χ4v) is 3.49. The molecule has 1 saturated heterocycles. The Morgan fingerprint density at radius 3 is 2.61 bits per heavy atom. The topological polar surface area (TPSA) is 74.2 Å². The Hall–Kier alpha value is -1.95. The highest BCUT2D eigenvalue weighted by atomic mass is 16.3. The highest BCUT2D eigenvalue weighted by molar-refractivity contribution is 5.76. The summed E-state index contributed by atoms with van der Waals surface area (Å²) < 4.78 is 0. The summed E-state index contributed by atoms with van der Waals surface area (Å²) in [5.74, 6) is 1.66. The second-order valence-corrected chi connectivity index (χ2v) is 6.62. The standard InChI is InChI=1S/C17H23N5O/c23-14-6-4-13(5-7-14)19-17-18-11-12-3-8-15(20-16(12)21-17)22-9-1-2-10-22/h3,8,11,13-14,23H,1-2,4-7,9-10H2,(H,18,19,20,21)/t13-,14-. The molecular weight excluding hydrogens is 290 g/mol. The van der Waals surface area contributed by atoms with Crippen molar-refractivity contribution in [2.75, 3.05) is 23.3 Å². The largest absolute Gasteiger partial charge is 0.393 e. The molecule has 122 valence electrons. The van der Waals surface area contributed by atoms with Crippen LogP contribution in [0.15, 0.2) is 18.3 Å². The van der Waals surface area contributed by atoms with Gasteiger partial charge in [0.1, 0.15) is 5.82 Å². The molecule has 0 bridgehead atoms. The van der Waals surface area contributed by atoms with Gasteiger partial charge in [0.25, 0.3) is 0 Å². The van der Waals surface area contributed by atoms with Crippen molar-refractivity contribution in [2.45, 2.75) is 50.7 Å². The van der Waals surface area contributed by atoms with Gasteiger partial charge in [-0.05, 0) is 50.7 Å². The number of aliphatic hydroxyl groups excluding tert-OH is 1. The monoisotopic (exact) mass is 313 g/mol. The van der Waals surface area contributed by atoms with E-state index in [1.54, 1.807) is 0 Å². The van der Waals surface area contributed by atoms with Crippen LogP contribution in [-0.4, -0.2) is 45.3 Å². The third-order valence-electron chi connectivity index (χ3n) is 4.89. The van der Waals surface area contributed by atoms with Crippen LogP contribution in [-0.2, 0) is 0 Å². The molecule has 6 heteroatoms. The molecule has 0 radical (unpaired) electrons. The molecule has 2 aromatic heterocycles. The van der Waals surface area contributed by atoms with Crippen LogP contribution in [0.4, 0.5) is 11.8 Å². The lowest BCUT2D eigenvalue weighted by Crippen LogP contribution is -2.28. The Morgan fingerprint density at radius 1 is 1.04 bits per heavy atom. The highest BCUT2D eigenvalue weighted by Gasteiger charge is 2.20. The molecule has 3 heterocycles. The summed E-state index contributed by atoms with van der Waals surface area (Å²) >= 11 is 0. The van der Waals surface area contributed by atoms with E-state index in [1.807, 2.05) is 6.20 Å². The van der Waals surface area contributed by atoms with Gasteiger partial charge in [-0.3, -0.25) is 0 Å². The molecular formula is C17H23N5O. The van der Waals surface area contributed by atoms with Gasteiger partial charge in [-0.1, -0.05) is 0 Å². The van der Waals surface area contributed by atoms with E-state index in [-0.39, 0.29) is 6.10 Å². The summed E-state index contributed by atoms with van der Waals surface area (Å²) in [6.07, 6.45) is 7.80. The fraction of sp³-hybridized carbons (Fsp3) is 0.588. The Kier molecular flexibility index (Phi) is 3.99. The zero-order valence-electron chi connectivity index (χ0n) is 13.3. The molecule has 1 aliphatic carbocycles. The van der Waals surface area contributed by atoms with Gasteiger partial charge in [0, 0.05) is 30.7 Å². The second-order valence-electron chi connectivity index (χ2n) is 6.62. The Labute approximate surface area is 136 Å². The third-order valence-corrected chi connectivity index (χ3v) is 4.89. The van der Waals surface area contributed by atoms with Crippen molar-refractivity contribution >= 4 is 22.8 Å². The SMILES string of the molecule is O[C@H]1CC[C@H](Nc2ncc3ccc(N4CCCC4)nc3n2)CC1. The van der Waals surface area contributed by atoms with Gasteiger partial charge in [0.05, 0.1) is 6.10 Å². The summed E-state index contributed by atoms with van der Waals surface area (Å²) in [4.78, 5) is 16.0. The van der Waals surface area contributed by atoms with E-state index in [1.165, 1.54) is 12.8 Å². The maximum atomic E-state index is 9.60. The lowest BCUT2D eigenvalue weighted by Gasteiger charge is -2.26. The predicted octanol–water partition coefficient (Wildman–Crippen LogP) is 2.34. The van der Waals surface area contributed by atoms with Gasteiger partial charge in [0.15, 0.2) is 5.65 Å². The summed E-state index contributed by atoms with van der Waals surface area (Å²) in [5, 5.41) is 14.0. The van der Waals surface area contributed by atoms with Crippen LogP contribution in [0.1, 0.15) is 38.5 Å². The van der Waals surface area contributed by atoms with Crippen molar-refractivity contribution < 1.29 is 5.11 Å². The molecule has 0 unspecified atom stereocenters. The summed E-state index contributed by atoms with van der Waals surface area (Å²) in [5.41, 5.74) is 0.753. The molecule has 0 aromatic carbocycles. The average Bonchev–Trinajstić information content (AvgIpc) is 3.11. The first-order valence-corrected chi connectivity index (χ1v) is 8.61. The van der Waals surface area contributed by atoms with Gasteiger partial charge in [-0.2, -0.15) is 4.98 Å².